The number of aryl methyl sites for hydroxylation is 1. The Balaban J connectivity index is 2.01. The van der Waals surface area contributed by atoms with Gasteiger partial charge < -0.3 is 10.0 Å². The summed E-state index contributed by atoms with van der Waals surface area (Å²) in [5, 5.41) is 14.8. The van der Waals surface area contributed by atoms with E-state index in [-0.39, 0.29) is 0 Å². The summed E-state index contributed by atoms with van der Waals surface area (Å²) in [5.74, 6) is 0. The molecule has 5 nitrogen and oxygen atoms in total. The number of nitrogens with zero attached hydrogens (tertiary/aromatic N) is 4. The zero-order valence-corrected chi connectivity index (χ0v) is 14.0. The van der Waals surface area contributed by atoms with Gasteiger partial charge in [-0.05, 0) is 54.5 Å². The molecule has 1 atom stereocenters. The maximum absolute atomic E-state index is 10.5. The second-order valence-corrected chi connectivity index (χ2v) is 6.17. The first kappa shape index (κ1) is 16.1. The summed E-state index contributed by atoms with van der Waals surface area (Å²) in [6.07, 6.45) is 6.25. The van der Waals surface area contributed by atoms with E-state index in [4.69, 9.17) is 0 Å². The number of pyridine rings is 1. The lowest BCUT2D eigenvalue weighted by atomic mass is 10.1. The first-order valence-electron chi connectivity index (χ1n) is 7.01. The molecule has 2 heterocycles. The number of aliphatic hydroxyl groups excluding tert-OH is 1. The van der Waals surface area contributed by atoms with Gasteiger partial charge in [0.15, 0.2) is 0 Å². The second kappa shape index (κ2) is 7.68. The highest BCUT2D eigenvalue weighted by molar-refractivity contribution is 9.10. The van der Waals surface area contributed by atoms with E-state index in [1.165, 1.54) is 0 Å². The van der Waals surface area contributed by atoms with Crippen molar-refractivity contribution in [3.63, 3.8) is 0 Å². The monoisotopic (exact) mass is 352 g/mol. The summed E-state index contributed by atoms with van der Waals surface area (Å²) >= 11 is 3.48. The summed E-state index contributed by atoms with van der Waals surface area (Å²) in [4.78, 5) is 6.19. The molecule has 0 aliphatic rings. The molecule has 0 bridgehead atoms. The molecule has 6 heteroatoms. The van der Waals surface area contributed by atoms with Crippen LogP contribution in [-0.2, 0) is 13.0 Å². The van der Waals surface area contributed by atoms with Crippen molar-refractivity contribution >= 4 is 15.9 Å². The van der Waals surface area contributed by atoms with Crippen LogP contribution in [0.5, 0.6) is 0 Å². The second-order valence-electron chi connectivity index (χ2n) is 5.32. The van der Waals surface area contributed by atoms with Gasteiger partial charge in [-0.2, -0.15) is 5.10 Å². The molecule has 0 aliphatic heterocycles. The number of aromatic nitrogens is 3. The first-order valence-corrected chi connectivity index (χ1v) is 7.80. The van der Waals surface area contributed by atoms with Gasteiger partial charge in [-0.25, -0.2) is 0 Å². The Labute approximate surface area is 133 Å². The lowest BCUT2D eigenvalue weighted by Crippen LogP contribution is -2.21. The summed E-state index contributed by atoms with van der Waals surface area (Å²) in [5.41, 5.74) is 1.98. The molecule has 2 aromatic heterocycles. The average Bonchev–Trinajstić information content (AvgIpc) is 2.85. The Bertz CT molecular complexity index is 556. The number of likely N-dealkylation sites (N-methyl/N-ethyl adjacent to an activating group) is 1. The first-order chi connectivity index (χ1) is 10.1. The van der Waals surface area contributed by atoms with Gasteiger partial charge in [0.25, 0.3) is 0 Å². The molecule has 0 saturated heterocycles. The van der Waals surface area contributed by atoms with Crippen molar-refractivity contribution in [3.05, 3.63) is 46.5 Å². The largest absolute Gasteiger partial charge is 0.387 e. The molecule has 1 unspecified atom stereocenters. The van der Waals surface area contributed by atoms with Crippen LogP contribution in [-0.4, -0.2) is 45.4 Å². The lowest BCUT2D eigenvalue weighted by Gasteiger charge is -2.16. The van der Waals surface area contributed by atoms with Crippen LogP contribution in [0.25, 0.3) is 0 Å². The van der Waals surface area contributed by atoms with Crippen LogP contribution in [0.3, 0.4) is 0 Å². The average molecular weight is 353 g/mol. The minimum absolute atomic E-state index is 0.538. The topological polar surface area (TPSA) is 54.2 Å². The van der Waals surface area contributed by atoms with E-state index in [2.05, 4.69) is 30.9 Å². The number of hydrogen-bond acceptors (Lipinski definition) is 4. The minimum atomic E-state index is -0.538. The smallest absolute Gasteiger partial charge is 0.0971 e. The zero-order chi connectivity index (χ0) is 15.2. The van der Waals surface area contributed by atoms with Crippen LogP contribution in [0.4, 0.5) is 0 Å². The number of halogens is 1. The summed E-state index contributed by atoms with van der Waals surface area (Å²) in [7, 11) is 4.05. The van der Waals surface area contributed by atoms with Crippen molar-refractivity contribution in [3.8, 4) is 0 Å². The highest BCUT2D eigenvalue weighted by Gasteiger charge is 2.17. The molecule has 114 valence electrons. The molecular formula is C15H21BrN4O. The molecule has 21 heavy (non-hydrogen) atoms. The third-order valence-electron chi connectivity index (χ3n) is 3.34. The Hall–Kier alpha value is -1.24. The Kier molecular flexibility index (Phi) is 5.90. The normalized spacial score (nSPS) is 12.8. The maximum atomic E-state index is 10.5. The van der Waals surface area contributed by atoms with Gasteiger partial charge in [-0.15, -0.1) is 0 Å². The van der Waals surface area contributed by atoms with Gasteiger partial charge in [0, 0.05) is 18.9 Å². The minimum Gasteiger partial charge on any atom is -0.387 e. The fourth-order valence-corrected chi connectivity index (χ4v) is 2.72. The van der Waals surface area contributed by atoms with Gasteiger partial charge in [0.2, 0.25) is 0 Å². The number of aliphatic hydroxyl groups is 1. The maximum Gasteiger partial charge on any atom is 0.0971 e. The van der Waals surface area contributed by atoms with E-state index in [0.29, 0.717) is 6.42 Å². The van der Waals surface area contributed by atoms with Crippen molar-refractivity contribution in [1.82, 2.24) is 19.7 Å². The van der Waals surface area contributed by atoms with Crippen LogP contribution in [0.2, 0.25) is 0 Å². The third kappa shape index (κ3) is 4.62. The summed E-state index contributed by atoms with van der Waals surface area (Å²) < 4.78 is 2.73. The van der Waals surface area contributed by atoms with Gasteiger partial charge in [0.1, 0.15) is 0 Å². The van der Waals surface area contributed by atoms with Crippen LogP contribution >= 0.6 is 15.9 Å². The molecule has 0 aromatic carbocycles. The van der Waals surface area contributed by atoms with Gasteiger partial charge in [0.05, 0.1) is 29.0 Å². The SMILES string of the molecule is CN(C)CCn1ncc(Br)c1C(O)CCc1cccnc1. The van der Waals surface area contributed by atoms with E-state index < -0.39 is 6.10 Å². The standard InChI is InChI=1S/C15H21BrN4O/c1-19(2)8-9-20-15(13(16)11-18-20)14(21)6-5-12-4-3-7-17-10-12/h3-4,7,10-11,14,21H,5-6,8-9H2,1-2H3. The zero-order valence-electron chi connectivity index (χ0n) is 12.4. The molecular weight excluding hydrogens is 332 g/mol. The fourth-order valence-electron chi connectivity index (χ4n) is 2.16. The molecule has 0 saturated carbocycles. The predicted octanol–water partition coefficient (Wildman–Crippen LogP) is 2.27. The molecule has 0 fully saturated rings. The quantitative estimate of drug-likeness (QED) is 0.830. The van der Waals surface area contributed by atoms with Gasteiger partial charge >= 0.3 is 0 Å². The van der Waals surface area contributed by atoms with Crippen molar-refractivity contribution in [2.45, 2.75) is 25.5 Å². The van der Waals surface area contributed by atoms with Crippen molar-refractivity contribution < 1.29 is 5.11 Å². The van der Waals surface area contributed by atoms with Crippen LogP contribution in [0.15, 0.2) is 35.2 Å². The van der Waals surface area contributed by atoms with Crippen molar-refractivity contribution in [1.29, 1.82) is 0 Å². The third-order valence-corrected chi connectivity index (χ3v) is 3.95. The van der Waals surface area contributed by atoms with E-state index in [1.807, 2.05) is 37.1 Å². The number of hydrogen-bond donors (Lipinski definition) is 1. The fraction of sp³-hybridized carbons (Fsp3) is 0.467. The van der Waals surface area contributed by atoms with E-state index in [1.54, 1.807) is 12.4 Å². The van der Waals surface area contributed by atoms with Gasteiger partial charge in [-0.1, -0.05) is 6.07 Å². The van der Waals surface area contributed by atoms with Crippen molar-refractivity contribution in [2.75, 3.05) is 20.6 Å². The summed E-state index contributed by atoms with van der Waals surface area (Å²) in [6, 6.07) is 3.94. The van der Waals surface area contributed by atoms with E-state index in [0.717, 1.165) is 35.2 Å². The molecule has 0 spiro atoms. The van der Waals surface area contributed by atoms with E-state index in [9.17, 15) is 5.11 Å². The molecule has 0 aliphatic carbocycles. The van der Waals surface area contributed by atoms with Crippen LogP contribution < -0.4 is 0 Å². The molecule has 2 rings (SSSR count). The number of rotatable bonds is 7. The Morgan fingerprint density at radius 3 is 2.86 bits per heavy atom. The molecule has 2 aromatic rings. The molecule has 0 radical (unpaired) electrons. The van der Waals surface area contributed by atoms with Crippen molar-refractivity contribution in [2.24, 2.45) is 0 Å². The highest BCUT2D eigenvalue weighted by Crippen LogP contribution is 2.26. The highest BCUT2D eigenvalue weighted by atomic mass is 79.9. The van der Waals surface area contributed by atoms with Crippen LogP contribution in [0, 0.1) is 0 Å². The van der Waals surface area contributed by atoms with E-state index >= 15 is 0 Å². The Morgan fingerprint density at radius 2 is 2.19 bits per heavy atom. The Morgan fingerprint density at radius 1 is 1.38 bits per heavy atom. The molecule has 0 amide bonds. The predicted molar refractivity (Wildman–Crippen MR) is 86.0 cm³/mol. The molecule has 1 N–H and O–H groups in total. The van der Waals surface area contributed by atoms with Crippen LogP contribution in [0.1, 0.15) is 23.8 Å². The lowest BCUT2D eigenvalue weighted by molar-refractivity contribution is 0.154. The summed E-state index contributed by atoms with van der Waals surface area (Å²) in [6.45, 7) is 1.65. The van der Waals surface area contributed by atoms with Gasteiger partial charge in [-0.3, -0.25) is 9.67 Å².